The Labute approximate surface area is 182 Å². The molecule has 2 N–H and O–H groups in total. The van der Waals surface area contributed by atoms with Gasteiger partial charge in [0.05, 0.1) is 15.6 Å². The number of carbonyl (C=O) groups is 1. The van der Waals surface area contributed by atoms with E-state index in [1.807, 2.05) is 19.1 Å². The Morgan fingerprint density at radius 3 is 2.47 bits per heavy atom. The third-order valence-electron chi connectivity index (χ3n) is 5.45. The highest BCUT2D eigenvalue weighted by Gasteiger charge is 2.23. The standard InChI is InChI=1S/C22H26ClN3O3S/c1-14-6-4-5-7-18(14)22(27)25-19-8-9-20(15(2)21(19)23)30(28,29)26-16(3)17-10-12-24-13-11-17/h4-9,17,24H,10-13H2,1-3H3,(H,25,27). The summed E-state index contributed by atoms with van der Waals surface area (Å²) in [6.45, 7) is 6.95. The molecular formula is C22H26ClN3O3S. The number of anilines is 1. The molecule has 30 heavy (non-hydrogen) atoms. The lowest BCUT2D eigenvalue weighted by atomic mass is 9.94. The predicted octanol–water partition coefficient (Wildman–Crippen LogP) is 4.36. The molecule has 0 saturated carbocycles. The van der Waals surface area contributed by atoms with Gasteiger partial charge in [-0.3, -0.25) is 4.79 Å². The molecule has 0 aliphatic carbocycles. The Bertz CT molecular complexity index is 1090. The lowest BCUT2D eigenvalue weighted by Crippen LogP contribution is -2.31. The molecule has 0 bridgehead atoms. The molecule has 0 atom stereocenters. The van der Waals surface area contributed by atoms with E-state index in [4.69, 9.17) is 11.6 Å². The number of sulfonamides is 1. The van der Waals surface area contributed by atoms with Gasteiger partial charge in [0.1, 0.15) is 0 Å². The molecule has 1 saturated heterocycles. The molecule has 6 nitrogen and oxygen atoms in total. The Kier molecular flexibility index (Phi) is 6.95. The third-order valence-corrected chi connectivity index (χ3v) is 7.46. The maximum absolute atomic E-state index is 12.9. The first-order chi connectivity index (χ1) is 14.2. The number of hydrogen-bond donors (Lipinski definition) is 2. The zero-order valence-electron chi connectivity index (χ0n) is 17.3. The maximum Gasteiger partial charge on any atom is 0.282 e. The first kappa shape index (κ1) is 22.5. The molecule has 1 fully saturated rings. The van der Waals surface area contributed by atoms with Crippen LogP contribution in [0.25, 0.3) is 0 Å². The van der Waals surface area contributed by atoms with Crippen molar-refractivity contribution in [3.8, 4) is 0 Å². The summed E-state index contributed by atoms with van der Waals surface area (Å²) in [5, 5.41) is 6.22. The van der Waals surface area contributed by atoms with Gasteiger partial charge in [0.25, 0.3) is 15.9 Å². The van der Waals surface area contributed by atoms with Crippen LogP contribution in [0.2, 0.25) is 5.02 Å². The molecule has 160 valence electrons. The second-order valence-electron chi connectivity index (χ2n) is 7.55. The lowest BCUT2D eigenvalue weighted by Gasteiger charge is -2.22. The fourth-order valence-electron chi connectivity index (χ4n) is 3.61. The van der Waals surface area contributed by atoms with Crippen LogP contribution in [0.3, 0.4) is 0 Å². The van der Waals surface area contributed by atoms with Gasteiger partial charge in [-0.2, -0.15) is 12.8 Å². The fraction of sp³-hybridized carbons (Fsp3) is 0.364. The molecule has 3 rings (SSSR count). The smallest absolute Gasteiger partial charge is 0.282 e. The average Bonchev–Trinajstić information content (AvgIpc) is 2.72. The normalized spacial score (nSPS) is 15.8. The summed E-state index contributed by atoms with van der Waals surface area (Å²) in [6, 6.07) is 10.2. The van der Waals surface area contributed by atoms with Crippen LogP contribution in [-0.4, -0.2) is 33.1 Å². The van der Waals surface area contributed by atoms with Gasteiger partial charge in [-0.25, -0.2) is 0 Å². The van der Waals surface area contributed by atoms with Crippen LogP contribution in [0, 0.1) is 19.8 Å². The van der Waals surface area contributed by atoms with E-state index in [0.717, 1.165) is 31.5 Å². The van der Waals surface area contributed by atoms with Crippen molar-refractivity contribution >= 4 is 38.9 Å². The van der Waals surface area contributed by atoms with Gasteiger partial charge in [0.2, 0.25) is 0 Å². The van der Waals surface area contributed by atoms with Crippen LogP contribution in [0.1, 0.15) is 41.3 Å². The molecule has 8 heteroatoms. The molecule has 2 aromatic carbocycles. The van der Waals surface area contributed by atoms with Gasteiger partial charge in [0.15, 0.2) is 0 Å². The Morgan fingerprint density at radius 1 is 1.13 bits per heavy atom. The Balaban J connectivity index is 1.87. The number of aryl methyl sites for hydroxylation is 1. The molecule has 0 radical (unpaired) electrons. The number of benzene rings is 2. The first-order valence-electron chi connectivity index (χ1n) is 9.89. The summed E-state index contributed by atoms with van der Waals surface area (Å²) in [7, 11) is -3.90. The molecular weight excluding hydrogens is 422 g/mol. The van der Waals surface area contributed by atoms with Crippen LogP contribution in [0.15, 0.2) is 45.7 Å². The molecule has 1 heterocycles. The number of carbonyl (C=O) groups excluding carboxylic acids is 1. The number of rotatable bonds is 5. The van der Waals surface area contributed by atoms with Crippen molar-refractivity contribution in [2.45, 2.75) is 38.5 Å². The minimum absolute atomic E-state index is 0.0506. The highest BCUT2D eigenvalue weighted by molar-refractivity contribution is 7.90. The number of halogens is 1. The molecule has 2 aromatic rings. The topological polar surface area (TPSA) is 87.6 Å². The summed E-state index contributed by atoms with van der Waals surface area (Å²) in [5.41, 5.74) is 2.71. The van der Waals surface area contributed by atoms with Crippen molar-refractivity contribution < 1.29 is 13.2 Å². The van der Waals surface area contributed by atoms with Gasteiger partial charge < -0.3 is 10.6 Å². The second-order valence-corrected chi connectivity index (χ2v) is 9.50. The molecule has 0 aromatic heterocycles. The van der Waals surface area contributed by atoms with Gasteiger partial charge in [0, 0.05) is 17.2 Å². The largest absolute Gasteiger partial charge is 0.321 e. The van der Waals surface area contributed by atoms with E-state index in [9.17, 15) is 13.2 Å². The van der Waals surface area contributed by atoms with E-state index in [-0.39, 0.29) is 21.7 Å². The summed E-state index contributed by atoms with van der Waals surface area (Å²) in [6.07, 6.45) is 1.74. The monoisotopic (exact) mass is 447 g/mol. The van der Waals surface area contributed by atoms with Crippen molar-refractivity contribution in [3.05, 3.63) is 58.1 Å². The van der Waals surface area contributed by atoms with E-state index in [1.165, 1.54) is 12.1 Å². The summed E-state index contributed by atoms with van der Waals surface area (Å²) in [4.78, 5) is 12.6. The van der Waals surface area contributed by atoms with Crippen LogP contribution in [-0.2, 0) is 10.0 Å². The number of nitrogens with one attached hydrogen (secondary N) is 2. The third kappa shape index (κ3) is 4.91. The van der Waals surface area contributed by atoms with Crippen molar-refractivity contribution in [1.82, 2.24) is 5.32 Å². The number of amides is 1. The van der Waals surface area contributed by atoms with E-state index < -0.39 is 10.0 Å². The van der Waals surface area contributed by atoms with Crippen LogP contribution >= 0.6 is 11.6 Å². The molecule has 0 unspecified atom stereocenters. The Morgan fingerprint density at radius 2 is 1.80 bits per heavy atom. The minimum Gasteiger partial charge on any atom is -0.321 e. The van der Waals surface area contributed by atoms with Gasteiger partial charge in [-0.1, -0.05) is 29.8 Å². The van der Waals surface area contributed by atoms with E-state index in [2.05, 4.69) is 15.0 Å². The lowest BCUT2D eigenvalue weighted by molar-refractivity contribution is 0.102. The second kappa shape index (κ2) is 9.29. The van der Waals surface area contributed by atoms with Gasteiger partial charge >= 0.3 is 0 Å². The Hall–Kier alpha value is -2.22. The zero-order valence-corrected chi connectivity index (χ0v) is 18.9. The minimum atomic E-state index is -3.90. The van der Waals surface area contributed by atoms with Gasteiger partial charge in [-0.15, -0.1) is 0 Å². The molecule has 0 spiro atoms. The van der Waals surface area contributed by atoms with E-state index >= 15 is 0 Å². The quantitative estimate of drug-likeness (QED) is 0.666. The maximum atomic E-state index is 12.9. The highest BCUT2D eigenvalue weighted by Crippen LogP contribution is 2.32. The van der Waals surface area contributed by atoms with Crippen molar-refractivity contribution in [2.75, 3.05) is 18.4 Å². The van der Waals surface area contributed by atoms with E-state index in [0.29, 0.717) is 22.5 Å². The van der Waals surface area contributed by atoms with Crippen LogP contribution in [0.5, 0.6) is 0 Å². The summed E-state index contributed by atoms with van der Waals surface area (Å²) < 4.78 is 29.9. The predicted molar refractivity (Wildman–Crippen MR) is 121 cm³/mol. The SMILES string of the molecule is CC(=NS(=O)(=O)c1ccc(NC(=O)c2ccccc2C)c(Cl)c1C)C1CCNCC1. The van der Waals surface area contributed by atoms with Crippen molar-refractivity contribution in [1.29, 1.82) is 0 Å². The zero-order chi connectivity index (χ0) is 21.9. The van der Waals surface area contributed by atoms with Gasteiger partial charge in [-0.05, 0) is 76.0 Å². The number of piperidine rings is 1. The van der Waals surface area contributed by atoms with Crippen LogP contribution < -0.4 is 10.6 Å². The summed E-state index contributed by atoms with van der Waals surface area (Å²) >= 11 is 6.43. The number of nitrogens with zero attached hydrogens (tertiary/aromatic N) is 1. The van der Waals surface area contributed by atoms with E-state index in [1.54, 1.807) is 26.0 Å². The van der Waals surface area contributed by atoms with Crippen LogP contribution in [0.4, 0.5) is 5.69 Å². The summed E-state index contributed by atoms with van der Waals surface area (Å²) in [5.74, 6) is -0.144. The van der Waals surface area contributed by atoms with Crippen molar-refractivity contribution in [3.63, 3.8) is 0 Å². The average molecular weight is 448 g/mol. The molecule has 1 aliphatic heterocycles. The first-order valence-corrected chi connectivity index (χ1v) is 11.7. The fourth-order valence-corrected chi connectivity index (χ4v) is 5.24. The number of hydrogen-bond acceptors (Lipinski definition) is 4. The molecule has 1 amide bonds. The van der Waals surface area contributed by atoms with Crippen molar-refractivity contribution in [2.24, 2.45) is 10.3 Å². The highest BCUT2D eigenvalue weighted by atomic mass is 35.5. The molecule has 1 aliphatic rings.